The van der Waals surface area contributed by atoms with Crippen molar-refractivity contribution in [3.63, 3.8) is 0 Å². The molecule has 10 heteroatoms. The number of piperazine rings is 1. The van der Waals surface area contributed by atoms with Gasteiger partial charge in [0.05, 0.1) is 0 Å². The van der Waals surface area contributed by atoms with E-state index in [1.54, 1.807) is 4.90 Å². The molecule has 2 heterocycles. The number of aromatic nitrogens is 2. The summed E-state index contributed by atoms with van der Waals surface area (Å²) in [5.41, 5.74) is -0.965. The van der Waals surface area contributed by atoms with Crippen LogP contribution >= 0.6 is 0 Å². The molecule has 1 aromatic carbocycles. The fourth-order valence-corrected chi connectivity index (χ4v) is 2.86. The van der Waals surface area contributed by atoms with Gasteiger partial charge in [-0.05, 0) is 30.3 Å². The van der Waals surface area contributed by atoms with Crippen LogP contribution in [0.5, 0.6) is 5.75 Å². The number of halogens is 4. The third kappa shape index (κ3) is 5.52. The van der Waals surface area contributed by atoms with Crippen LogP contribution in [-0.2, 0) is 6.18 Å². The molecule has 1 fully saturated rings. The molecule has 0 unspecified atom stereocenters. The fraction of sp³-hybridized carbons (Fsp3) is 0.444. The van der Waals surface area contributed by atoms with Crippen molar-refractivity contribution >= 4 is 5.95 Å². The lowest BCUT2D eigenvalue weighted by molar-refractivity contribution is -0.141. The van der Waals surface area contributed by atoms with Gasteiger partial charge in [-0.25, -0.2) is 14.4 Å². The fourth-order valence-electron chi connectivity index (χ4n) is 2.86. The topological polar surface area (TPSA) is 61.7 Å². The van der Waals surface area contributed by atoms with Gasteiger partial charge >= 0.3 is 6.18 Å². The van der Waals surface area contributed by atoms with Gasteiger partial charge in [0.25, 0.3) is 0 Å². The average molecular weight is 400 g/mol. The predicted octanol–water partition coefficient (Wildman–Crippen LogP) is 2.20. The normalized spacial score (nSPS) is 16.8. The molecule has 1 N–H and O–H groups in total. The van der Waals surface area contributed by atoms with E-state index in [2.05, 4.69) is 9.97 Å². The standard InChI is InChI=1S/C18H20F4N4O2/c19-13-1-3-15(4-2-13)28-12-14(27)11-25-7-9-26(10-8-25)17-23-6-5-16(24-17)18(20,21)22/h1-6,14,27H,7-12H2/t14-/m1/s1. The minimum Gasteiger partial charge on any atom is -0.491 e. The summed E-state index contributed by atoms with van der Waals surface area (Å²) in [6, 6.07) is 6.36. The number of alkyl halides is 3. The molecular weight excluding hydrogens is 380 g/mol. The van der Waals surface area contributed by atoms with Gasteiger partial charge in [-0.2, -0.15) is 13.2 Å². The molecule has 0 bridgehead atoms. The van der Waals surface area contributed by atoms with Crippen molar-refractivity contribution in [2.45, 2.75) is 12.3 Å². The first-order valence-electron chi connectivity index (χ1n) is 8.75. The molecule has 28 heavy (non-hydrogen) atoms. The summed E-state index contributed by atoms with van der Waals surface area (Å²) in [7, 11) is 0. The number of benzene rings is 1. The Bertz CT molecular complexity index is 765. The van der Waals surface area contributed by atoms with Gasteiger partial charge < -0.3 is 14.7 Å². The van der Waals surface area contributed by atoms with E-state index in [1.165, 1.54) is 24.3 Å². The average Bonchev–Trinajstić information content (AvgIpc) is 2.68. The molecule has 0 aliphatic carbocycles. The first-order chi connectivity index (χ1) is 13.3. The van der Waals surface area contributed by atoms with Crippen LogP contribution in [0.25, 0.3) is 0 Å². The zero-order valence-electron chi connectivity index (χ0n) is 14.9. The maximum atomic E-state index is 12.8. The minimum absolute atomic E-state index is 0.0506. The van der Waals surface area contributed by atoms with E-state index in [4.69, 9.17) is 4.74 Å². The largest absolute Gasteiger partial charge is 0.491 e. The van der Waals surface area contributed by atoms with E-state index >= 15 is 0 Å². The maximum absolute atomic E-state index is 12.8. The van der Waals surface area contributed by atoms with E-state index in [0.29, 0.717) is 38.5 Å². The van der Waals surface area contributed by atoms with E-state index in [1.807, 2.05) is 4.90 Å². The maximum Gasteiger partial charge on any atom is 0.433 e. The Morgan fingerprint density at radius 2 is 1.75 bits per heavy atom. The van der Waals surface area contributed by atoms with Crippen LogP contribution in [0.4, 0.5) is 23.5 Å². The Morgan fingerprint density at radius 3 is 2.39 bits per heavy atom. The van der Waals surface area contributed by atoms with E-state index in [9.17, 15) is 22.7 Å². The molecule has 6 nitrogen and oxygen atoms in total. The smallest absolute Gasteiger partial charge is 0.433 e. The summed E-state index contributed by atoms with van der Waals surface area (Å²) in [5.74, 6) is 0.150. The second-order valence-electron chi connectivity index (χ2n) is 6.45. The highest BCUT2D eigenvalue weighted by Gasteiger charge is 2.33. The summed E-state index contributed by atoms with van der Waals surface area (Å²) in [6.07, 6.45) is -4.15. The molecule has 1 aliphatic heterocycles. The second-order valence-corrected chi connectivity index (χ2v) is 6.45. The van der Waals surface area contributed by atoms with Crippen molar-refractivity contribution in [3.05, 3.63) is 48.0 Å². The molecule has 0 spiro atoms. The van der Waals surface area contributed by atoms with Crippen LogP contribution in [0.2, 0.25) is 0 Å². The first kappa shape index (κ1) is 20.3. The molecule has 1 atom stereocenters. The number of hydrogen-bond acceptors (Lipinski definition) is 6. The summed E-state index contributed by atoms with van der Waals surface area (Å²) < 4.78 is 56.6. The number of aliphatic hydroxyl groups excluding tert-OH is 1. The summed E-state index contributed by atoms with van der Waals surface area (Å²) in [4.78, 5) is 11.2. The van der Waals surface area contributed by atoms with Gasteiger partial charge in [0.15, 0.2) is 0 Å². The lowest BCUT2D eigenvalue weighted by atomic mass is 10.2. The van der Waals surface area contributed by atoms with Crippen molar-refractivity contribution in [1.29, 1.82) is 0 Å². The number of nitrogens with zero attached hydrogens (tertiary/aromatic N) is 4. The number of β-amino-alcohol motifs (C(OH)–C–C–N with tert-alkyl or cyclic N) is 1. The van der Waals surface area contributed by atoms with Gasteiger partial charge in [0.1, 0.15) is 30.0 Å². The highest BCUT2D eigenvalue weighted by molar-refractivity contribution is 5.31. The predicted molar refractivity (Wildman–Crippen MR) is 93.6 cm³/mol. The number of ether oxygens (including phenoxy) is 1. The van der Waals surface area contributed by atoms with Gasteiger partial charge in [-0.1, -0.05) is 0 Å². The van der Waals surface area contributed by atoms with Gasteiger partial charge in [-0.3, -0.25) is 4.90 Å². The van der Waals surface area contributed by atoms with E-state index in [0.717, 1.165) is 12.3 Å². The number of aliphatic hydroxyl groups is 1. The molecule has 152 valence electrons. The summed E-state index contributed by atoms with van der Waals surface area (Å²) in [6.45, 7) is 2.42. The Morgan fingerprint density at radius 1 is 1.07 bits per heavy atom. The molecule has 0 radical (unpaired) electrons. The van der Waals surface area contributed by atoms with Crippen LogP contribution in [0, 0.1) is 5.82 Å². The molecule has 0 amide bonds. The highest BCUT2D eigenvalue weighted by Crippen LogP contribution is 2.28. The number of hydrogen-bond donors (Lipinski definition) is 1. The third-order valence-corrected chi connectivity index (χ3v) is 4.31. The third-order valence-electron chi connectivity index (χ3n) is 4.31. The Kier molecular flexibility index (Phi) is 6.30. The van der Waals surface area contributed by atoms with Crippen LogP contribution in [0.3, 0.4) is 0 Å². The molecule has 3 rings (SSSR count). The molecule has 1 saturated heterocycles. The summed E-state index contributed by atoms with van der Waals surface area (Å²) in [5, 5.41) is 10.1. The highest BCUT2D eigenvalue weighted by atomic mass is 19.4. The van der Waals surface area contributed by atoms with E-state index in [-0.39, 0.29) is 18.4 Å². The van der Waals surface area contributed by atoms with Crippen LogP contribution in [0.15, 0.2) is 36.5 Å². The Labute approximate surface area is 159 Å². The molecule has 2 aromatic rings. The molecule has 1 aromatic heterocycles. The van der Waals surface area contributed by atoms with Crippen LogP contribution in [-0.4, -0.2) is 65.4 Å². The molecule has 1 aliphatic rings. The van der Waals surface area contributed by atoms with Gasteiger partial charge in [-0.15, -0.1) is 0 Å². The van der Waals surface area contributed by atoms with Gasteiger partial charge in [0.2, 0.25) is 5.95 Å². The zero-order chi connectivity index (χ0) is 20.1. The van der Waals surface area contributed by atoms with Crippen molar-refractivity contribution in [2.24, 2.45) is 0 Å². The second kappa shape index (κ2) is 8.70. The van der Waals surface area contributed by atoms with Gasteiger partial charge in [0, 0.05) is 38.9 Å². The minimum atomic E-state index is -4.51. The lowest BCUT2D eigenvalue weighted by Gasteiger charge is -2.35. The molecule has 0 saturated carbocycles. The van der Waals surface area contributed by atoms with Crippen molar-refractivity contribution in [1.82, 2.24) is 14.9 Å². The molecular formula is C18H20F4N4O2. The SMILES string of the molecule is O[C@@H](COc1ccc(F)cc1)CN1CCN(c2nccc(C(F)(F)F)n2)CC1. The Balaban J connectivity index is 1.45. The van der Waals surface area contributed by atoms with Crippen molar-refractivity contribution in [2.75, 3.05) is 44.2 Å². The van der Waals surface area contributed by atoms with Crippen LogP contribution < -0.4 is 9.64 Å². The van der Waals surface area contributed by atoms with Crippen molar-refractivity contribution < 1.29 is 27.4 Å². The van der Waals surface area contributed by atoms with Crippen molar-refractivity contribution in [3.8, 4) is 5.75 Å². The quantitative estimate of drug-likeness (QED) is 0.751. The van der Waals surface area contributed by atoms with Crippen LogP contribution in [0.1, 0.15) is 5.69 Å². The Hall–Kier alpha value is -2.46. The number of anilines is 1. The number of rotatable bonds is 6. The monoisotopic (exact) mass is 400 g/mol. The zero-order valence-corrected chi connectivity index (χ0v) is 14.9. The first-order valence-corrected chi connectivity index (χ1v) is 8.75. The lowest BCUT2D eigenvalue weighted by Crippen LogP contribution is -2.49. The summed E-state index contributed by atoms with van der Waals surface area (Å²) >= 11 is 0. The van der Waals surface area contributed by atoms with E-state index < -0.39 is 18.0 Å².